The highest BCUT2D eigenvalue weighted by molar-refractivity contribution is 6.12. The van der Waals surface area contributed by atoms with E-state index >= 15 is 0 Å². The molecule has 17 aromatic carbocycles. The molecule has 0 fully saturated rings. The Morgan fingerprint density at radius 3 is 1.12 bits per heavy atom. The normalized spacial score (nSPS) is 15.3. The van der Waals surface area contributed by atoms with Crippen LogP contribution in [0.1, 0.15) is 94.5 Å². The third-order valence-corrected chi connectivity index (χ3v) is 26.0. The predicted molar refractivity (Wildman–Crippen MR) is 471 cm³/mol. The zero-order valence-electron chi connectivity index (χ0n) is 63.7. The minimum absolute atomic E-state index is 0.215. The molecule has 1 atom stereocenters. The van der Waals surface area contributed by atoms with E-state index in [0.717, 1.165) is 100 Å². The molecule has 0 saturated carbocycles. The van der Waals surface area contributed by atoms with Crippen molar-refractivity contribution >= 4 is 78.0 Å². The molecule has 0 amide bonds. The van der Waals surface area contributed by atoms with Crippen LogP contribution in [-0.2, 0) is 21.7 Å². The van der Waals surface area contributed by atoms with Crippen LogP contribution in [0.25, 0.3) is 111 Å². The molecule has 0 radical (unpaired) electrons. The zero-order valence-corrected chi connectivity index (χ0v) is 63.7. The van der Waals surface area contributed by atoms with E-state index in [1.807, 2.05) is 6.07 Å². The van der Waals surface area contributed by atoms with Gasteiger partial charge in [-0.05, 0) is 219 Å². The van der Waals surface area contributed by atoms with Crippen molar-refractivity contribution in [2.24, 2.45) is 0 Å². The number of furan rings is 2. The van der Waals surface area contributed by atoms with Crippen molar-refractivity contribution in [3.8, 4) is 66.8 Å². The van der Waals surface area contributed by atoms with Gasteiger partial charge in [-0.3, -0.25) is 0 Å². The number of nitrogens with zero attached hydrogens (tertiary/aromatic N) is 2. The highest BCUT2D eigenvalue weighted by Gasteiger charge is 2.49. The predicted octanol–water partition coefficient (Wildman–Crippen LogP) is 29.1. The third kappa shape index (κ3) is 9.34. The Hall–Kier alpha value is -14.1. The van der Waals surface area contributed by atoms with Gasteiger partial charge in [-0.2, -0.15) is 0 Å². The largest absolute Gasteiger partial charge is 0.455 e. The Kier molecular flexibility index (Phi) is 14.3. The van der Waals surface area contributed by atoms with E-state index in [-0.39, 0.29) is 10.8 Å². The average molecular weight is 1460 g/mol. The minimum atomic E-state index is -0.727. The molecule has 0 saturated heterocycles. The lowest BCUT2D eigenvalue weighted by atomic mass is 9.67. The maximum absolute atomic E-state index is 7.04. The van der Waals surface area contributed by atoms with Crippen molar-refractivity contribution < 1.29 is 8.83 Å². The Morgan fingerprint density at radius 2 is 0.561 bits per heavy atom. The Morgan fingerprint density at radius 1 is 0.202 bits per heavy atom. The van der Waals surface area contributed by atoms with Crippen LogP contribution in [0, 0.1) is 0 Å². The number of benzene rings is 17. The van der Waals surface area contributed by atoms with Crippen LogP contribution in [0.15, 0.2) is 397 Å². The lowest BCUT2D eigenvalue weighted by molar-refractivity contribution is 0.660. The fourth-order valence-corrected chi connectivity index (χ4v) is 20.8. The van der Waals surface area contributed by atoms with Crippen molar-refractivity contribution in [2.45, 2.75) is 49.4 Å². The fraction of sp³-hybridized carbons (Fsp3) is 0.0727. The first-order valence-corrected chi connectivity index (χ1v) is 39.8. The first kappa shape index (κ1) is 65.8. The van der Waals surface area contributed by atoms with Gasteiger partial charge in [0.1, 0.15) is 16.7 Å². The molecule has 4 nitrogen and oxygen atoms in total. The van der Waals surface area contributed by atoms with Crippen molar-refractivity contribution in [3.63, 3.8) is 0 Å². The van der Waals surface area contributed by atoms with Crippen LogP contribution in [-0.4, -0.2) is 0 Å². The highest BCUT2D eigenvalue weighted by Crippen LogP contribution is 2.62. The van der Waals surface area contributed by atoms with Crippen LogP contribution in [0.4, 0.5) is 34.1 Å². The minimum Gasteiger partial charge on any atom is -0.455 e. The molecular formula is C110H76N2O2. The number of rotatable bonds is 12. The molecule has 0 bridgehead atoms. The fourth-order valence-electron chi connectivity index (χ4n) is 20.8. The van der Waals surface area contributed by atoms with Gasteiger partial charge in [0.2, 0.25) is 0 Å². The first-order chi connectivity index (χ1) is 56.0. The molecule has 2 aromatic heterocycles. The Labute approximate surface area is 663 Å². The topological polar surface area (TPSA) is 32.8 Å². The average Bonchev–Trinajstić information content (AvgIpc) is 1.53. The van der Waals surface area contributed by atoms with Gasteiger partial charge in [0, 0.05) is 66.4 Å². The van der Waals surface area contributed by atoms with E-state index in [9.17, 15) is 0 Å². The Balaban J connectivity index is 0.666. The van der Waals surface area contributed by atoms with Crippen LogP contribution in [0.5, 0.6) is 0 Å². The van der Waals surface area contributed by atoms with Gasteiger partial charge < -0.3 is 18.6 Å². The molecule has 538 valence electrons. The number of anilines is 6. The van der Waals surface area contributed by atoms with Crippen molar-refractivity contribution in [1.29, 1.82) is 0 Å². The van der Waals surface area contributed by atoms with Crippen molar-refractivity contribution in [2.75, 3.05) is 9.80 Å². The molecule has 0 spiro atoms. The third-order valence-electron chi connectivity index (χ3n) is 26.0. The molecule has 4 aliphatic carbocycles. The lowest BCUT2D eigenvalue weighted by Crippen LogP contribution is -2.29. The molecular weight excluding hydrogens is 1380 g/mol. The summed E-state index contributed by atoms with van der Waals surface area (Å²) >= 11 is 0. The second-order valence-electron chi connectivity index (χ2n) is 32.5. The second kappa shape index (κ2) is 24.7. The van der Waals surface area contributed by atoms with Gasteiger partial charge in [0.25, 0.3) is 0 Å². The van der Waals surface area contributed by atoms with E-state index in [4.69, 9.17) is 8.83 Å². The summed E-state index contributed by atoms with van der Waals surface area (Å²) in [5.74, 6) is 0. The molecule has 4 aliphatic rings. The van der Waals surface area contributed by atoms with Crippen LogP contribution < -0.4 is 9.80 Å². The number of para-hydroxylation sites is 4. The van der Waals surface area contributed by atoms with E-state index in [0.29, 0.717) is 0 Å². The highest BCUT2D eigenvalue weighted by atomic mass is 16.3. The summed E-state index contributed by atoms with van der Waals surface area (Å²) in [6, 6.07) is 145. The molecule has 114 heavy (non-hydrogen) atoms. The summed E-state index contributed by atoms with van der Waals surface area (Å²) in [4.78, 5) is 4.95. The monoisotopic (exact) mass is 1460 g/mol. The Bertz CT molecular complexity index is 7140. The van der Waals surface area contributed by atoms with E-state index in [2.05, 4.69) is 420 Å². The maximum atomic E-state index is 7.04. The molecule has 23 rings (SSSR count). The standard InChI is InChI=1S/C110H76N2O2/c1-107(2)94-43-19-14-35-82(94)85-58-54-77(65-98(85)107)111(76-52-49-69(50-53-76)81-40-25-41-91-89-38-17-22-47-103(89)113-105(81)91)78-55-59-87-84-37-16-21-45-97(84)110(101(87)67-78,74-32-12-7-13-33-74)75-34-24-27-70(63-75)71-51-62-95-93(64-71)88-61-57-79(66-99(88)108(95,3)4)112(102-46-26-42-92-90-39-18-23-48-104(90)114-106(92)102)80-56-60-86-83-36-15-20-44-96(83)109(100(86)68-80,72-28-8-5-9-29-72)73-30-10-6-11-31-73/h5-68H,1-4H3. The first-order valence-electron chi connectivity index (χ1n) is 39.8. The summed E-state index contributed by atoms with van der Waals surface area (Å²) < 4.78 is 13.7. The SMILES string of the molecule is CC1(C)c2ccccc2-c2ccc(N(c3ccc(-c4cccc5c4oc4ccccc45)cc3)c3ccc4c(c3)C(c3ccccc3)(c3cccc(-c5ccc6c(c5)-c5ccc(N(c7ccc8c(c7)C(c7ccccc7)(c7ccccc7)c7ccccc7-8)c7cccc8c7oc7ccccc78)cc5C6(C)C)c3)c3ccccc3-4)cc21. The number of hydrogen-bond donors (Lipinski definition) is 0. The summed E-state index contributed by atoms with van der Waals surface area (Å²) in [5.41, 5.74) is 37.5. The number of fused-ring (bicyclic) bond motifs is 18. The molecule has 0 N–H and O–H groups in total. The van der Waals surface area contributed by atoms with E-state index < -0.39 is 10.8 Å². The molecule has 0 aliphatic heterocycles. The van der Waals surface area contributed by atoms with Crippen LogP contribution in [0.3, 0.4) is 0 Å². The van der Waals surface area contributed by atoms with Crippen molar-refractivity contribution in [3.05, 3.63) is 455 Å². The van der Waals surface area contributed by atoms with Crippen molar-refractivity contribution in [1.82, 2.24) is 0 Å². The van der Waals surface area contributed by atoms with Crippen LogP contribution >= 0.6 is 0 Å². The zero-order chi connectivity index (χ0) is 75.8. The van der Waals surface area contributed by atoms with Gasteiger partial charge in [-0.15, -0.1) is 0 Å². The quantitative estimate of drug-likeness (QED) is 0.122. The van der Waals surface area contributed by atoms with Gasteiger partial charge in [-0.25, -0.2) is 0 Å². The number of hydrogen-bond acceptors (Lipinski definition) is 4. The van der Waals surface area contributed by atoms with Gasteiger partial charge >= 0.3 is 0 Å². The van der Waals surface area contributed by atoms with Gasteiger partial charge in [0.15, 0.2) is 5.58 Å². The van der Waals surface area contributed by atoms with E-state index in [1.54, 1.807) is 0 Å². The molecule has 2 heterocycles. The second-order valence-corrected chi connectivity index (χ2v) is 32.5. The maximum Gasteiger partial charge on any atom is 0.159 e. The summed E-state index contributed by atoms with van der Waals surface area (Å²) in [5, 5.41) is 4.41. The molecule has 4 heteroatoms. The van der Waals surface area contributed by atoms with Crippen LogP contribution in [0.2, 0.25) is 0 Å². The lowest BCUT2D eigenvalue weighted by Gasteiger charge is -2.35. The summed E-state index contributed by atoms with van der Waals surface area (Å²) in [6.45, 7) is 9.57. The summed E-state index contributed by atoms with van der Waals surface area (Å²) in [7, 11) is 0. The smallest absolute Gasteiger partial charge is 0.159 e. The van der Waals surface area contributed by atoms with E-state index in [1.165, 1.54) is 111 Å². The van der Waals surface area contributed by atoms with Gasteiger partial charge in [-0.1, -0.05) is 325 Å². The summed E-state index contributed by atoms with van der Waals surface area (Å²) in [6.07, 6.45) is 0. The molecule has 1 unspecified atom stereocenters. The van der Waals surface area contributed by atoms with Gasteiger partial charge in [0.05, 0.1) is 16.5 Å². The molecule has 19 aromatic rings.